The second kappa shape index (κ2) is 5.51. The second-order valence-corrected chi connectivity index (χ2v) is 5.25. The van der Waals surface area contributed by atoms with Gasteiger partial charge in [-0.2, -0.15) is 13.2 Å². The molecule has 1 aliphatic rings. The molecule has 2 nitrogen and oxygen atoms in total. The number of hydrogen-bond donors (Lipinski definition) is 1. The van der Waals surface area contributed by atoms with E-state index in [1.807, 2.05) is 7.05 Å². The molecule has 0 heterocycles. The lowest BCUT2D eigenvalue weighted by atomic mass is 10.0. The first kappa shape index (κ1) is 14.3. The molecule has 1 fully saturated rings. The Hall–Kier alpha value is -1.07. The van der Waals surface area contributed by atoms with Gasteiger partial charge < -0.3 is 5.73 Å². The van der Waals surface area contributed by atoms with E-state index in [9.17, 15) is 13.2 Å². The van der Waals surface area contributed by atoms with Crippen LogP contribution in [0.5, 0.6) is 0 Å². The minimum atomic E-state index is -4.28. The summed E-state index contributed by atoms with van der Waals surface area (Å²) in [6.07, 6.45) is -1.79. The number of rotatable bonds is 5. The minimum Gasteiger partial charge on any atom is -0.329 e. The van der Waals surface area contributed by atoms with Crippen LogP contribution < -0.4 is 5.73 Å². The van der Waals surface area contributed by atoms with Crippen LogP contribution in [0, 0.1) is 5.92 Å². The molecular weight excluding hydrogens is 253 g/mol. The summed E-state index contributed by atoms with van der Waals surface area (Å²) in [4.78, 5) is 2.14. The number of benzene rings is 1. The maximum Gasteiger partial charge on any atom is 0.416 e. The SMILES string of the molecule is CN(CC1CC1)C(CN)c1ccc(C(F)(F)F)cc1. The van der Waals surface area contributed by atoms with Crippen molar-refractivity contribution in [3.63, 3.8) is 0 Å². The van der Waals surface area contributed by atoms with Crippen LogP contribution >= 0.6 is 0 Å². The van der Waals surface area contributed by atoms with Gasteiger partial charge in [0.25, 0.3) is 0 Å². The molecule has 0 saturated heterocycles. The fraction of sp³-hybridized carbons (Fsp3) is 0.571. The summed E-state index contributed by atoms with van der Waals surface area (Å²) in [5.74, 6) is 0.730. The topological polar surface area (TPSA) is 29.3 Å². The van der Waals surface area contributed by atoms with Crippen LogP contribution in [0.15, 0.2) is 24.3 Å². The predicted molar refractivity (Wildman–Crippen MR) is 68.6 cm³/mol. The van der Waals surface area contributed by atoms with Crippen LogP contribution in [0.3, 0.4) is 0 Å². The lowest BCUT2D eigenvalue weighted by molar-refractivity contribution is -0.137. The van der Waals surface area contributed by atoms with Crippen molar-refractivity contribution in [2.24, 2.45) is 11.7 Å². The lowest BCUT2D eigenvalue weighted by Crippen LogP contribution is -2.32. The first-order chi connectivity index (χ1) is 8.91. The van der Waals surface area contributed by atoms with Crippen molar-refractivity contribution in [1.82, 2.24) is 4.90 Å². The quantitative estimate of drug-likeness (QED) is 0.892. The normalized spacial score (nSPS) is 17.8. The van der Waals surface area contributed by atoms with E-state index >= 15 is 0 Å². The van der Waals surface area contributed by atoms with Crippen molar-refractivity contribution >= 4 is 0 Å². The molecule has 1 aliphatic carbocycles. The number of hydrogen-bond acceptors (Lipinski definition) is 2. The van der Waals surface area contributed by atoms with Gasteiger partial charge in [-0.1, -0.05) is 12.1 Å². The van der Waals surface area contributed by atoms with Crippen LogP contribution in [0.1, 0.15) is 30.0 Å². The molecule has 0 bridgehead atoms. The van der Waals surface area contributed by atoms with Gasteiger partial charge in [0.2, 0.25) is 0 Å². The summed E-state index contributed by atoms with van der Waals surface area (Å²) in [5.41, 5.74) is 5.99. The Morgan fingerprint density at radius 2 is 1.84 bits per heavy atom. The van der Waals surface area contributed by atoms with Gasteiger partial charge in [-0.15, -0.1) is 0 Å². The summed E-state index contributed by atoms with van der Waals surface area (Å²) in [7, 11) is 1.98. The maximum atomic E-state index is 12.5. The van der Waals surface area contributed by atoms with Crippen molar-refractivity contribution in [2.45, 2.75) is 25.1 Å². The Kier molecular flexibility index (Phi) is 4.16. The van der Waals surface area contributed by atoms with Crippen molar-refractivity contribution in [3.05, 3.63) is 35.4 Å². The van der Waals surface area contributed by atoms with Crippen LogP contribution in [-0.2, 0) is 6.18 Å². The molecule has 1 saturated carbocycles. The number of alkyl halides is 3. The molecule has 0 spiro atoms. The van der Waals surface area contributed by atoms with E-state index in [0.29, 0.717) is 6.54 Å². The number of likely N-dealkylation sites (N-methyl/N-ethyl adjacent to an activating group) is 1. The summed E-state index contributed by atoms with van der Waals surface area (Å²) in [6, 6.07) is 5.31. The zero-order chi connectivity index (χ0) is 14.0. The van der Waals surface area contributed by atoms with Gasteiger partial charge in [0.05, 0.1) is 5.56 Å². The molecule has 2 N–H and O–H groups in total. The molecule has 0 aliphatic heterocycles. The number of halogens is 3. The standard InChI is InChI=1S/C14H19F3N2/c1-19(9-10-2-3-10)13(8-18)11-4-6-12(7-5-11)14(15,16)17/h4-7,10,13H,2-3,8-9,18H2,1H3. The summed E-state index contributed by atoms with van der Waals surface area (Å²) in [5, 5.41) is 0. The highest BCUT2D eigenvalue weighted by Crippen LogP contribution is 2.33. The van der Waals surface area contributed by atoms with Crippen LogP contribution in [0.25, 0.3) is 0 Å². The Balaban J connectivity index is 2.09. The van der Waals surface area contributed by atoms with Crippen molar-refractivity contribution in [1.29, 1.82) is 0 Å². The molecule has 106 valence electrons. The van der Waals surface area contributed by atoms with E-state index in [4.69, 9.17) is 5.73 Å². The Bertz CT molecular complexity index is 410. The summed E-state index contributed by atoms with van der Waals surface area (Å²) < 4.78 is 37.5. The van der Waals surface area contributed by atoms with Gasteiger partial charge in [0, 0.05) is 19.1 Å². The monoisotopic (exact) mass is 272 g/mol. The highest BCUT2D eigenvalue weighted by atomic mass is 19.4. The van der Waals surface area contributed by atoms with E-state index in [1.165, 1.54) is 25.0 Å². The maximum absolute atomic E-state index is 12.5. The van der Waals surface area contributed by atoms with Crippen molar-refractivity contribution in [3.8, 4) is 0 Å². The Morgan fingerprint density at radius 3 is 2.26 bits per heavy atom. The first-order valence-electron chi connectivity index (χ1n) is 6.49. The fourth-order valence-corrected chi connectivity index (χ4v) is 2.30. The molecule has 2 rings (SSSR count). The van der Waals surface area contributed by atoms with Gasteiger partial charge in [-0.3, -0.25) is 4.90 Å². The average Bonchev–Trinajstić information content (AvgIpc) is 3.13. The van der Waals surface area contributed by atoms with Crippen LogP contribution in [0.4, 0.5) is 13.2 Å². The Labute approximate surface area is 111 Å². The third-order valence-electron chi connectivity index (χ3n) is 3.62. The molecular formula is C14H19F3N2. The van der Waals surface area contributed by atoms with Crippen molar-refractivity contribution in [2.75, 3.05) is 20.1 Å². The van der Waals surface area contributed by atoms with Gasteiger partial charge >= 0.3 is 6.18 Å². The molecule has 0 radical (unpaired) electrons. The van der Waals surface area contributed by atoms with E-state index in [1.54, 1.807) is 0 Å². The smallest absolute Gasteiger partial charge is 0.329 e. The minimum absolute atomic E-state index is 0.0112. The number of nitrogens with zero attached hydrogens (tertiary/aromatic N) is 1. The molecule has 1 unspecified atom stereocenters. The molecule has 19 heavy (non-hydrogen) atoms. The van der Waals surface area contributed by atoms with E-state index in [2.05, 4.69) is 4.90 Å². The van der Waals surface area contributed by atoms with E-state index < -0.39 is 11.7 Å². The highest BCUT2D eigenvalue weighted by Gasteiger charge is 2.31. The molecule has 0 aromatic heterocycles. The van der Waals surface area contributed by atoms with Crippen molar-refractivity contribution < 1.29 is 13.2 Å². The van der Waals surface area contributed by atoms with Gasteiger partial charge in [0.15, 0.2) is 0 Å². The zero-order valence-electron chi connectivity index (χ0n) is 11.0. The summed E-state index contributed by atoms with van der Waals surface area (Å²) >= 11 is 0. The molecule has 1 atom stereocenters. The second-order valence-electron chi connectivity index (χ2n) is 5.25. The molecule has 0 amide bonds. The van der Waals surface area contributed by atoms with Gasteiger partial charge in [-0.05, 0) is 43.5 Å². The first-order valence-corrected chi connectivity index (χ1v) is 6.49. The zero-order valence-corrected chi connectivity index (χ0v) is 11.0. The highest BCUT2D eigenvalue weighted by molar-refractivity contribution is 5.27. The number of nitrogens with two attached hydrogens (primary N) is 1. The van der Waals surface area contributed by atoms with Gasteiger partial charge in [-0.25, -0.2) is 0 Å². The molecule has 1 aromatic rings. The Morgan fingerprint density at radius 1 is 1.26 bits per heavy atom. The predicted octanol–water partition coefficient (Wildman–Crippen LogP) is 3.05. The van der Waals surface area contributed by atoms with E-state index in [0.717, 1.165) is 30.2 Å². The lowest BCUT2D eigenvalue weighted by Gasteiger charge is -2.27. The third kappa shape index (κ3) is 3.70. The van der Waals surface area contributed by atoms with Gasteiger partial charge in [0.1, 0.15) is 0 Å². The largest absolute Gasteiger partial charge is 0.416 e. The average molecular weight is 272 g/mol. The van der Waals surface area contributed by atoms with E-state index in [-0.39, 0.29) is 6.04 Å². The fourth-order valence-electron chi connectivity index (χ4n) is 2.30. The van der Waals surface area contributed by atoms with Crippen LogP contribution in [0.2, 0.25) is 0 Å². The molecule has 1 aromatic carbocycles. The van der Waals surface area contributed by atoms with Crippen LogP contribution in [-0.4, -0.2) is 25.0 Å². The summed E-state index contributed by atoms with van der Waals surface area (Å²) in [6.45, 7) is 1.37. The molecule has 5 heteroatoms. The third-order valence-corrected chi connectivity index (χ3v) is 3.62.